The quantitative estimate of drug-likeness (QED) is 0.243. The molecule has 3 aromatic rings. The van der Waals surface area contributed by atoms with Crippen LogP contribution in [0.2, 0.25) is 0 Å². The first kappa shape index (κ1) is 31.4. The van der Waals surface area contributed by atoms with Gasteiger partial charge in [-0.2, -0.15) is 14.0 Å². The summed E-state index contributed by atoms with van der Waals surface area (Å²) in [5.41, 5.74) is 6.65. The molecule has 1 aromatic carbocycles. The second kappa shape index (κ2) is 12.0. The van der Waals surface area contributed by atoms with E-state index in [2.05, 4.69) is 5.10 Å². The molecule has 4 rings (SSSR count). The minimum atomic E-state index is -0.842. The van der Waals surface area contributed by atoms with Crippen LogP contribution in [0.4, 0.5) is 31.2 Å². The number of hydrogen-bond acceptors (Lipinski definition) is 8. The molecule has 12 heteroatoms. The number of rotatable bonds is 5. The molecular weight excluding hydrogens is 559 g/mol. The molecule has 0 atom stereocenters. The summed E-state index contributed by atoms with van der Waals surface area (Å²) in [6, 6.07) is 6.62. The Kier molecular flexibility index (Phi) is 8.96. The fourth-order valence-corrected chi connectivity index (χ4v) is 5.66. The van der Waals surface area contributed by atoms with Crippen LogP contribution < -0.4 is 10.6 Å². The summed E-state index contributed by atoms with van der Waals surface area (Å²) in [4.78, 5) is 33.8. The maximum absolute atomic E-state index is 16.7. The minimum Gasteiger partial charge on any atom is -0.444 e. The Labute approximate surface area is 250 Å². The zero-order valence-electron chi connectivity index (χ0n) is 25.6. The molecule has 1 aliphatic heterocycles. The van der Waals surface area contributed by atoms with Crippen molar-refractivity contribution in [3.63, 3.8) is 0 Å². The second-order valence-electron chi connectivity index (χ2n) is 12.7. The van der Waals surface area contributed by atoms with Crippen molar-refractivity contribution in [2.24, 2.45) is 0 Å². The average molecular weight is 601 g/mol. The largest absolute Gasteiger partial charge is 0.444 e. The SMILES string of the molecule is CC(C)c1cnn2c(N(C(=O)OC(C)(C)C)c3cccc(N)c3)c(F)c(SC3CCN(C(=O)OC(C)(C)C)CC3)nc12. The van der Waals surface area contributed by atoms with Gasteiger partial charge in [0, 0.05) is 29.6 Å². The molecule has 2 amide bonds. The Bertz CT molecular complexity index is 1450. The molecule has 228 valence electrons. The van der Waals surface area contributed by atoms with E-state index in [1.807, 2.05) is 34.6 Å². The van der Waals surface area contributed by atoms with Crippen molar-refractivity contribution in [2.75, 3.05) is 23.7 Å². The minimum absolute atomic E-state index is 0.00578. The van der Waals surface area contributed by atoms with E-state index in [9.17, 15) is 9.59 Å². The molecule has 1 aliphatic rings. The summed E-state index contributed by atoms with van der Waals surface area (Å²) in [7, 11) is 0. The molecule has 0 aliphatic carbocycles. The number of nitrogen functional groups attached to an aromatic ring is 1. The molecule has 2 N–H and O–H groups in total. The highest BCUT2D eigenvalue weighted by molar-refractivity contribution is 7.99. The van der Waals surface area contributed by atoms with Gasteiger partial charge >= 0.3 is 12.2 Å². The van der Waals surface area contributed by atoms with Gasteiger partial charge in [0.2, 0.25) is 0 Å². The number of nitrogens with zero attached hydrogens (tertiary/aromatic N) is 5. The summed E-state index contributed by atoms with van der Waals surface area (Å²) in [6.45, 7) is 15.7. The highest BCUT2D eigenvalue weighted by Crippen LogP contribution is 2.39. The summed E-state index contributed by atoms with van der Waals surface area (Å²) >= 11 is 1.30. The van der Waals surface area contributed by atoms with Crippen LogP contribution >= 0.6 is 11.8 Å². The third-order valence-corrected chi connectivity index (χ3v) is 7.77. The zero-order chi connectivity index (χ0) is 31.0. The van der Waals surface area contributed by atoms with Gasteiger partial charge in [0.1, 0.15) is 16.2 Å². The average Bonchev–Trinajstić information content (AvgIpc) is 3.28. The van der Waals surface area contributed by atoms with Gasteiger partial charge < -0.3 is 20.1 Å². The fraction of sp³-hybridized carbons (Fsp3) is 0.533. The first-order valence-corrected chi connectivity index (χ1v) is 15.0. The summed E-state index contributed by atoms with van der Waals surface area (Å²) in [6.07, 6.45) is 1.79. The third kappa shape index (κ3) is 7.26. The summed E-state index contributed by atoms with van der Waals surface area (Å²) in [5, 5.41) is 4.60. The van der Waals surface area contributed by atoms with Crippen molar-refractivity contribution in [1.82, 2.24) is 19.5 Å². The molecule has 0 unspecified atom stereocenters. The Balaban J connectivity index is 1.76. The van der Waals surface area contributed by atoms with E-state index >= 15 is 4.39 Å². The van der Waals surface area contributed by atoms with Crippen LogP contribution in [0.5, 0.6) is 0 Å². The second-order valence-corrected chi connectivity index (χ2v) is 14.0. The number of fused-ring (bicyclic) bond motifs is 1. The summed E-state index contributed by atoms with van der Waals surface area (Å²) in [5.74, 6) is -0.764. The first-order valence-electron chi connectivity index (χ1n) is 14.1. The lowest BCUT2D eigenvalue weighted by molar-refractivity contribution is 0.0219. The number of ether oxygens (including phenoxy) is 2. The monoisotopic (exact) mass is 600 g/mol. The van der Waals surface area contributed by atoms with Gasteiger partial charge in [-0.1, -0.05) is 31.7 Å². The normalized spacial score (nSPS) is 14.9. The number of benzene rings is 1. The van der Waals surface area contributed by atoms with Crippen molar-refractivity contribution in [3.8, 4) is 0 Å². The van der Waals surface area contributed by atoms with Crippen molar-refractivity contribution >= 4 is 46.8 Å². The van der Waals surface area contributed by atoms with Gasteiger partial charge in [-0.15, -0.1) is 0 Å². The number of hydrogen-bond donors (Lipinski definition) is 1. The molecule has 1 fully saturated rings. The van der Waals surface area contributed by atoms with Gasteiger partial charge in [0.25, 0.3) is 0 Å². The van der Waals surface area contributed by atoms with Gasteiger partial charge in [-0.3, -0.25) is 0 Å². The number of carbonyl (C=O) groups excluding carboxylic acids is 2. The van der Waals surface area contributed by atoms with Crippen LogP contribution in [-0.2, 0) is 9.47 Å². The first-order chi connectivity index (χ1) is 19.5. The van der Waals surface area contributed by atoms with Crippen molar-refractivity contribution in [2.45, 2.75) is 95.6 Å². The molecule has 0 saturated carbocycles. The molecule has 10 nitrogen and oxygen atoms in total. The molecule has 1 saturated heterocycles. The van der Waals surface area contributed by atoms with E-state index in [4.69, 9.17) is 20.2 Å². The molecule has 3 heterocycles. The molecule has 0 radical (unpaired) electrons. The topological polar surface area (TPSA) is 115 Å². The number of carbonyl (C=O) groups is 2. The van der Waals surface area contributed by atoms with E-state index < -0.39 is 23.1 Å². The van der Waals surface area contributed by atoms with Gasteiger partial charge in [-0.25, -0.2) is 19.5 Å². The fourth-order valence-electron chi connectivity index (χ4n) is 4.56. The maximum atomic E-state index is 16.7. The molecule has 2 aromatic heterocycles. The Morgan fingerprint density at radius 1 is 1.10 bits per heavy atom. The highest BCUT2D eigenvalue weighted by Gasteiger charge is 2.34. The van der Waals surface area contributed by atoms with Gasteiger partial charge in [0.05, 0.1) is 11.9 Å². The number of halogens is 1. The van der Waals surface area contributed by atoms with Crippen LogP contribution in [0.1, 0.15) is 79.7 Å². The Morgan fingerprint density at radius 3 is 2.31 bits per heavy atom. The molecule has 42 heavy (non-hydrogen) atoms. The maximum Gasteiger partial charge on any atom is 0.420 e. The van der Waals surface area contributed by atoms with Gasteiger partial charge in [-0.05, 0) is 78.5 Å². The molecule has 0 spiro atoms. The number of anilines is 3. The highest BCUT2D eigenvalue weighted by atomic mass is 32.2. The predicted molar refractivity (Wildman–Crippen MR) is 163 cm³/mol. The predicted octanol–water partition coefficient (Wildman–Crippen LogP) is 7.14. The Morgan fingerprint density at radius 2 is 1.74 bits per heavy atom. The van der Waals surface area contributed by atoms with Crippen LogP contribution in [0.3, 0.4) is 0 Å². The molecule has 0 bridgehead atoms. The standard InChI is InChI=1S/C30H41FN6O4S/c1-18(2)22-17-33-37-24(22)34-25(42-21-12-14-35(15-13-21)27(38)40-29(3,4)5)23(31)26(37)36(28(39)41-30(6,7)8)20-11-9-10-19(32)16-20/h9-11,16-18,21H,12-15,32H2,1-8H3. The lowest BCUT2D eigenvalue weighted by Gasteiger charge is -2.33. The van der Waals surface area contributed by atoms with Crippen molar-refractivity contribution in [3.05, 3.63) is 41.8 Å². The van der Waals surface area contributed by atoms with E-state index in [-0.39, 0.29) is 28.1 Å². The third-order valence-electron chi connectivity index (χ3n) is 6.47. The zero-order valence-corrected chi connectivity index (χ0v) is 26.4. The van der Waals surface area contributed by atoms with Crippen LogP contribution in [-0.4, -0.2) is 61.2 Å². The number of piperidine rings is 1. The van der Waals surface area contributed by atoms with Crippen LogP contribution in [0.15, 0.2) is 35.5 Å². The van der Waals surface area contributed by atoms with Gasteiger partial charge in [0.15, 0.2) is 17.3 Å². The van der Waals surface area contributed by atoms with E-state index in [0.717, 1.165) is 10.5 Å². The van der Waals surface area contributed by atoms with Crippen LogP contribution in [0.25, 0.3) is 5.65 Å². The number of thioether (sulfide) groups is 1. The van der Waals surface area contributed by atoms with E-state index in [1.54, 1.807) is 56.1 Å². The van der Waals surface area contributed by atoms with E-state index in [0.29, 0.717) is 43.0 Å². The number of nitrogens with two attached hydrogens (primary N) is 1. The lowest BCUT2D eigenvalue weighted by atomic mass is 10.1. The number of aromatic nitrogens is 3. The smallest absolute Gasteiger partial charge is 0.420 e. The van der Waals surface area contributed by atoms with Crippen molar-refractivity contribution in [1.29, 1.82) is 0 Å². The number of likely N-dealkylation sites (tertiary alicyclic amines) is 1. The summed E-state index contributed by atoms with van der Waals surface area (Å²) < 4.78 is 29.3. The molecular formula is C30H41FN6O4S. The lowest BCUT2D eigenvalue weighted by Crippen LogP contribution is -2.42. The Hall–Kier alpha value is -3.54. The van der Waals surface area contributed by atoms with E-state index in [1.165, 1.54) is 16.3 Å². The van der Waals surface area contributed by atoms with Crippen molar-refractivity contribution < 1.29 is 23.5 Å². The van der Waals surface area contributed by atoms with Crippen LogP contribution in [0, 0.1) is 5.82 Å². The number of amides is 2.